The van der Waals surface area contributed by atoms with E-state index in [0.717, 1.165) is 4.88 Å². The van der Waals surface area contributed by atoms with Crippen molar-refractivity contribution in [2.45, 2.75) is 0 Å². The largest absolute Gasteiger partial charge is 0.395 e. The Bertz CT molecular complexity index is 817. The van der Waals surface area contributed by atoms with E-state index in [-0.39, 0.29) is 19.0 Å². The van der Waals surface area contributed by atoms with Crippen LogP contribution in [0.3, 0.4) is 0 Å². The lowest BCUT2D eigenvalue weighted by Crippen LogP contribution is -2.27. The molecule has 8 heteroatoms. The molecule has 1 aromatic carbocycles. The first kappa shape index (κ1) is 15.3. The van der Waals surface area contributed by atoms with Crippen molar-refractivity contribution in [2.75, 3.05) is 13.2 Å². The van der Waals surface area contributed by atoms with Gasteiger partial charge in [-0.05, 0) is 29.6 Å². The summed E-state index contributed by atoms with van der Waals surface area (Å²) in [5.41, 5.74) is 0.474. The van der Waals surface area contributed by atoms with Gasteiger partial charge in [0, 0.05) is 6.54 Å². The van der Waals surface area contributed by atoms with Gasteiger partial charge in [0.1, 0.15) is 5.82 Å². The minimum Gasteiger partial charge on any atom is -0.395 e. The molecule has 118 valence electrons. The Labute approximate surface area is 135 Å². The Morgan fingerprint density at radius 1 is 1.35 bits per heavy atom. The highest BCUT2D eigenvalue weighted by Gasteiger charge is 2.19. The number of nitrogens with one attached hydrogen (secondary N) is 1. The van der Waals surface area contributed by atoms with Gasteiger partial charge in [0.15, 0.2) is 5.82 Å². The lowest BCUT2D eigenvalue weighted by Gasteiger charge is -2.04. The van der Waals surface area contributed by atoms with E-state index in [9.17, 15) is 9.18 Å². The maximum atomic E-state index is 13.5. The molecule has 0 saturated heterocycles. The first-order valence-electron chi connectivity index (χ1n) is 6.85. The molecular weight excluding hydrogens is 319 g/mol. The number of amides is 1. The molecule has 0 unspecified atom stereocenters. The van der Waals surface area contributed by atoms with E-state index in [2.05, 4.69) is 15.4 Å². The Kier molecular flexibility index (Phi) is 4.45. The van der Waals surface area contributed by atoms with E-state index in [1.54, 1.807) is 12.1 Å². The zero-order chi connectivity index (χ0) is 16.2. The predicted octanol–water partition coefficient (Wildman–Crippen LogP) is 1.86. The number of hydrogen-bond acceptors (Lipinski definition) is 5. The van der Waals surface area contributed by atoms with Gasteiger partial charge in [-0.15, -0.1) is 16.4 Å². The molecule has 2 aromatic heterocycles. The molecule has 0 bridgehead atoms. The quantitative estimate of drug-likeness (QED) is 0.747. The third-order valence-corrected chi connectivity index (χ3v) is 3.87. The average molecular weight is 332 g/mol. The van der Waals surface area contributed by atoms with Crippen molar-refractivity contribution in [1.82, 2.24) is 20.1 Å². The second kappa shape index (κ2) is 6.67. The standard InChI is InChI=1S/C15H13FN4O2S/c16-10-3-1-4-11(9-10)20-14(12-5-2-8-23-12)18-13(19-20)15(22)17-6-7-21/h1-5,8-9,21H,6-7H2,(H,17,22). The zero-order valence-corrected chi connectivity index (χ0v) is 12.8. The van der Waals surface area contributed by atoms with E-state index in [1.807, 2.05) is 17.5 Å². The molecule has 0 atom stereocenters. The molecule has 3 rings (SSSR count). The fourth-order valence-electron chi connectivity index (χ4n) is 2.01. The third kappa shape index (κ3) is 3.27. The van der Waals surface area contributed by atoms with Crippen LogP contribution >= 0.6 is 11.3 Å². The summed E-state index contributed by atoms with van der Waals surface area (Å²) in [5.74, 6) is -0.473. The first-order chi connectivity index (χ1) is 11.2. The monoisotopic (exact) mass is 332 g/mol. The smallest absolute Gasteiger partial charge is 0.291 e. The lowest BCUT2D eigenvalue weighted by atomic mass is 10.3. The van der Waals surface area contributed by atoms with E-state index in [4.69, 9.17) is 5.11 Å². The molecule has 2 heterocycles. The summed E-state index contributed by atoms with van der Waals surface area (Å²) in [6.07, 6.45) is 0. The maximum absolute atomic E-state index is 13.5. The summed E-state index contributed by atoms with van der Waals surface area (Å²) < 4.78 is 14.9. The van der Waals surface area contributed by atoms with Crippen LogP contribution in [0, 0.1) is 5.82 Å². The molecule has 0 spiro atoms. The van der Waals surface area contributed by atoms with Gasteiger partial charge in [-0.1, -0.05) is 12.1 Å². The predicted molar refractivity (Wildman–Crippen MR) is 84.0 cm³/mol. The number of aromatic nitrogens is 3. The van der Waals surface area contributed by atoms with Crippen molar-refractivity contribution in [3.8, 4) is 16.4 Å². The number of carbonyl (C=O) groups is 1. The molecule has 23 heavy (non-hydrogen) atoms. The molecular formula is C15H13FN4O2S. The van der Waals surface area contributed by atoms with Crippen LogP contribution in [0.5, 0.6) is 0 Å². The highest BCUT2D eigenvalue weighted by molar-refractivity contribution is 7.13. The number of benzene rings is 1. The molecule has 6 nitrogen and oxygen atoms in total. The number of carbonyl (C=O) groups excluding carboxylic acids is 1. The highest BCUT2D eigenvalue weighted by Crippen LogP contribution is 2.25. The molecule has 0 aliphatic rings. The average Bonchev–Trinajstić information content (AvgIpc) is 3.21. The number of nitrogens with zero attached hydrogens (tertiary/aromatic N) is 3. The summed E-state index contributed by atoms with van der Waals surface area (Å²) >= 11 is 1.44. The summed E-state index contributed by atoms with van der Waals surface area (Å²) in [6, 6.07) is 9.61. The van der Waals surface area contributed by atoms with Crippen LogP contribution in [0.1, 0.15) is 10.6 Å². The normalized spacial score (nSPS) is 10.7. The molecule has 0 radical (unpaired) electrons. The van der Waals surface area contributed by atoms with Crippen molar-refractivity contribution >= 4 is 17.2 Å². The van der Waals surface area contributed by atoms with Gasteiger partial charge < -0.3 is 10.4 Å². The molecule has 1 amide bonds. The number of halogens is 1. The second-order valence-corrected chi connectivity index (χ2v) is 5.56. The van der Waals surface area contributed by atoms with Gasteiger partial charge in [-0.25, -0.2) is 14.1 Å². The van der Waals surface area contributed by atoms with Gasteiger partial charge in [0.05, 0.1) is 17.2 Å². The number of thiophene rings is 1. The number of hydrogen-bond donors (Lipinski definition) is 2. The molecule has 0 saturated carbocycles. The van der Waals surface area contributed by atoms with Crippen molar-refractivity contribution in [1.29, 1.82) is 0 Å². The molecule has 2 N–H and O–H groups in total. The van der Waals surface area contributed by atoms with Gasteiger partial charge in [-0.2, -0.15) is 0 Å². The van der Waals surface area contributed by atoms with Gasteiger partial charge >= 0.3 is 0 Å². The highest BCUT2D eigenvalue weighted by atomic mass is 32.1. The molecule has 0 aliphatic carbocycles. The van der Waals surface area contributed by atoms with Crippen LogP contribution in [0.2, 0.25) is 0 Å². The summed E-state index contributed by atoms with van der Waals surface area (Å²) in [4.78, 5) is 17.1. The van der Waals surface area contributed by atoms with Crippen molar-refractivity contribution < 1.29 is 14.3 Å². The van der Waals surface area contributed by atoms with Crippen molar-refractivity contribution in [3.05, 3.63) is 53.4 Å². The van der Waals surface area contributed by atoms with Crippen LogP contribution in [-0.2, 0) is 0 Å². The van der Waals surface area contributed by atoms with Gasteiger partial charge in [0.2, 0.25) is 5.82 Å². The number of rotatable bonds is 5. The lowest BCUT2D eigenvalue weighted by molar-refractivity contribution is 0.0934. The van der Waals surface area contributed by atoms with Crippen LogP contribution in [0.25, 0.3) is 16.4 Å². The Balaban J connectivity index is 2.06. The third-order valence-electron chi connectivity index (χ3n) is 3.00. The molecule has 0 aliphatic heterocycles. The fourth-order valence-corrected chi connectivity index (χ4v) is 2.71. The second-order valence-electron chi connectivity index (χ2n) is 4.61. The van der Waals surface area contributed by atoms with E-state index >= 15 is 0 Å². The van der Waals surface area contributed by atoms with E-state index in [1.165, 1.54) is 28.2 Å². The molecule has 3 aromatic rings. The fraction of sp³-hybridized carbons (Fsp3) is 0.133. The Morgan fingerprint density at radius 3 is 2.91 bits per heavy atom. The number of aliphatic hydroxyl groups is 1. The van der Waals surface area contributed by atoms with Crippen molar-refractivity contribution in [2.24, 2.45) is 0 Å². The van der Waals surface area contributed by atoms with Crippen LogP contribution < -0.4 is 5.32 Å². The summed E-state index contributed by atoms with van der Waals surface area (Å²) in [5, 5.41) is 17.3. The minimum absolute atomic E-state index is 0.0360. The van der Waals surface area contributed by atoms with Crippen LogP contribution in [-0.4, -0.2) is 38.9 Å². The van der Waals surface area contributed by atoms with Crippen LogP contribution in [0.4, 0.5) is 4.39 Å². The molecule has 0 fully saturated rings. The summed E-state index contributed by atoms with van der Waals surface area (Å²) in [6.45, 7) is -0.0597. The minimum atomic E-state index is -0.494. The van der Waals surface area contributed by atoms with E-state index < -0.39 is 11.7 Å². The van der Waals surface area contributed by atoms with E-state index in [0.29, 0.717) is 11.5 Å². The van der Waals surface area contributed by atoms with Gasteiger partial charge in [-0.3, -0.25) is 4.79 Å². The van der Waals surface area contributed by atoms with Gasteiger partial charge in [0.25, 0.3) is 5.91 Å². The first-order valence-corrected chi connectivity index (χ1v) is 7.73. The Hall–Kier alpha value is -2.58. The van der Waals surface area contributed by atoms with Crippen molar-refractivity contribution in [3.63, 3.8) is 0 Å². The number of aliphatic hydroxyl groups excluding tert-OH is 1. The van der Waals surface area contributed by atoms with Crippen LogP contribution in [0.15, 0.2) is 41.8 Å². The topological polar surface area (TPSA) is 80.0 Å². The Morgan fingerprint density at radius 2 is 2.22 bits per heavy atom. The SMILES string of the molecule is O=C(NCCO)c1nc(-c2cccs2)n(-c2cccc(F)c2)n1. The maximum Gasteiger partial charge on any atom is 0.291 e. The zero-order valence-electron chi connectivity index (χ0n) is 11.9. The summed E-state index contributed by atoms with van der Waals surface area (Å²) in [7, 11) is 0.